The van der Waals surface area contributed by atoms with Crippen LogP contribution in [-0.2, 0) is 22.6 Å². The maximum Gasteiger partial charge on any atom is 0.246 e. The van der Waals surface area contributed by atoms with Crippen molar-refractivity contribution in [3.05, 3.63) is 119 Å². The Kier molecular flexibility index (Phi) is 6.11. The largest absolute Gasteiger partial charge is 0.356 e. The highest BCUT2D eigenvalue weighted by Gasteiger charge is 2.50. The van der Waals surface area contributed by atoms with Crippen LogP contribution in [0.15, 0.2) is 97.1 Å². The lowest BCUT2D eigenvalue weighted by Crippen LogP contribution is -2.65. The molecule has 5 aromatic rings. The van der Waals surface area contributed by atoms with Crippen molar-refractivity contribution < 1.29 is 9.59 Å². The number of nitrogens with zero attached hydrogens (tertiary/aromatic N) is 3. The molecule has 6 heteroatoms. The molecule has 2 saturated heterocycles. The third-order valence-electron chi connectivity index (χ3n) is 9.66. The van der Waals surface area contributed by atoms with Gasteiger partial charge in [0, 0.05) is 48.7 Å². The average Bonchev–Trinajstić information content (AvgIpc) is 3.41. The van der Waals surface area contributed by atoms with Crippen LogP contribution in [0.2, 0.25) is 0 Å². The van der Waals surface area contributed by atoms with E-state index in [1.807, 2.05) is 34.1 Å². The molecule has 3 aliphatic rings. The van der Waals surface area contributed by atoms with Gasteiger partial charge in [-0.05, 0) is 46.4 Å². The number of hydrogen-bond donors (Lipinski definition) is 1. The summed E-state index contributed by atoms with van der Waals surface area (Å²) in [6, 6.07) is 32.7. The van der Waals surface area contributed by atoms with Crippen molar-refractivity contribution in [1.82, 2.24) is 19.7 Å². The number of nitrogens with one attached hydrogen (secondary N) is 1. The number of aromatic nitrogens is 1. The van der Waals surface area contributed by atoms with Gasteiger partial charge in [0.2, 0.25) is 11.8 Å². The Bertz CT molecular complexity index is 1800. The first kappa shape index (κ1) is 25.3. The Balaban J connectivity index is 1.14. The van der Waals surface area contributed by atoms with Crippen LogP contribution in [0.1, 0.15) is 41.3 Å². The van der Waals surface area contributed by atoms with Crippen molar-refractivity contribution in [1.29, 1.82) is 0 Å². The first-order valence-electron chi connectivity index (χ1n) is 15.1. The summed E-state index contributed by atoms with van der Waals surface area (Å²) in [5.41, 5.74) is 5.62. The van der Waals surface area contributed by atoms with E-state index < -0.39 is 6.04 Å². The minimum absolute atomic E-state index is 0.0357. The van der Waals surface area contributed by atoms with E-state index in [0.717, 1.165) is 71.0 Å². The lowest BCUT2D eigenvalue weighted by Gasteiger charge is -2.50. The van der Waals surface area contributed by atoms with Crippen LogP contribution in [0.25, 0.3) is 21.7 Å². The fraction of sp³-hybridized carbons (Fsp3) is 0.278. The zero-order valence-corrected chi connectivity index (χ0v) is 23.6. The van der Waals surface area contributed by atoms with E-state index in [9.17, 15) is 9.59 Å². The Labute approximate surface area is 245 Å². The second-order valence-corrected chi connectivity index (χ2v) is 12.0. The summed E-state index contributed by atoms with van der Waals surface area (Å²) < 4.78 is 0. The number of carbonyl (C=O) groups is 2. The molecular formula is C36H34N4O2. The number of H-pyrrole nitrogens is 1. The van der Waals surface area contributed by atoms with Crippen molar-refractivity contribution >= 4 is 33.5 Å². The molecule has 0 saturated carbocycles. The van der Waals surface area contributed by atoms with Gasteiger partial charge in [-0.3, -0.25) is 14.5 Å². The first-order valence-corrected chi connectivity index (χ1v) is 15.1. The number of piperidine rings is 1. The Morgan fingerprint density at radius 1 is 0.762 bits per heavy atom. The van der Waals surface area contributed by atoms with Crippen molar-refractivity contribution in [2.24, 2.45) is 0 Å². The molecule has 42 heavy (non-hydrogen) atoms. The van der Waals surface area contributed by atoms with Crippen molar-refractivity contribution in [2.45, 2.75) is 43.9 Å². The van der Waals surface area contributed by atoms with E-state index in [1.54, 1.807) is 0 Å². The first-order chi connectivity index (χ1) is 20.7. The molecule has 0 bridgehead atoms. The molecule has 2 fully saturated rings. The summed E-state index contributed by atoms with van der Waals surface area (Å²) in [6.07, 6.45) is 2.32. The summed E-state index contributed by atoms with van der Waals surface area (Å²) in [5, 5.41) is 3.39. The van der Waals surface area contributed by atoms with E-state index in [4.69, 9.17) is 0 Å². The van der Waals surface area contributed by atoms with Crippen LogP contribution in [0, 0.1) is 0 Å². The van der Waals surface area contributed by atoms with Crippen LogP contribution in [0.3, 0.4) is 0 Å². The lowest BCUT2D eigenvalue weighted by molar-refractivity contribution is -0.161. The molecule has 2 amide bonds. The van der Waals surface area contributed by atoms with E-state index >= 15 is 0 Å². The number of likely N-dealkylation sites (tertiary alicyclic amines) is 1. The van der Waals surface area contributed by atoms with Crippen LogP contribution in [0.5, 0.6) is 0 Å². The normalized spacial score (nSPS) is 21.6. The molecule has 0 aliphatic carbocycles. The standard InChI is InChI=1S/C36H34N4O2/c41-33-23-39(26-17-19-38(20-18-26)22-24-9-2-1-3-10-24)36(42)32-21-30-28-14-6-7-16-31(28)37-34(30)35(40(32)33)29-15-8-12-25-11-4-5-13-27(25)29/h1-16,26,32,35,37H,17-23H2. The molecule has 0 radical (unpaired) electrons. The topological polar surface area (TPSA) is 59.7 Å². The number of para-hydroxylation sites is 1. The van der Waals surface area contributed by atoms with E-state index in [0.29, 0.717) is 6.42 Å². The summed E-state index contributed by atoms with van der Waals surface area (Å²) in [6.45, 7) is 2.93. The lowest BCUT2D eigenvalue weighted by atomic mass is 9.84. The molecule has 8 rings (SSSR count). The zero-order valence-electron chi connectivity index (χ0n) is 23.6. The second kappa shape index (κ2) is 10.1. The SMILES string of the molecule is O=C1C2Cc3c([nH]c4ccccc34)C(c3cccc4ccccc34)N2C(=O)CN1C1CCN(Cc2ccccc2)CC1. The molecule has 210 valence electrons. The number of amides is 2. The number of rotatable bonds is 4. The average molecular weight is 555 g/mol. The van der Waals surface area contributed by atoms with Crippen molar-refractivity contribution in [3.8, 4) is 0 Å². The summed E-state index contributed by atoms with van der Waals surface area (Å²) in [4.78, 5) is 38.5. The highest BCUT2D eigenvalue weighted by molar-refractivity contribution is 5.98. The van der Waals surface area contributed by atoms with Gasteiger partial charge >= 0.3 is 0 Å². The molecule has 3 aliphatic heterocycles. The van der Waals surface area contributed by atoms with Gasteiger partial charge in [-0.1, -0.05) is 91.0 Å². The zero-order chi connectivity index (χ0) is 28.2. The summed E-state index contributed by atoms with van der Waals surface area (Å²) in [5.74, 6) is 0.130. The van der Waals surface area contributed by atoms with Crippen LogP contribution < -0.4 is 0 Å². The predicted octanol–water partition coefficient (Wildman–Crippen LogP) is 5.67. The highest BCUT2D eigenvalue weighted by Crippen LogP contribution is 2.44. The monoisotopic (exact) mass is 554 g/mol. The third kappa shape index (κ3) is 4.12. The molecule has 1 N–H and O–H groups in total. The van der Waals surface area contributed by atoms with Crippen molar-refractivity contribution in [2.75, 3.05) is 19.6 Å². The third-order valence-corrected chi connectivity index (χ3v) is 9.66. The highest BCUT2D eigenvalue weighted by atomic mass is 16.2. The molecule has 6 nitrogen and oxygen atoms in total. The summed E-state index contributed by atoms with van der Waals surface area (Å²) >= 11 is 0. The van der Waals surface area contributed by atoms with Gasteiger partial charge < -0.3 is 14.8 Å². The Morgan fingerprint density at radius 2 is 1.48 bits per heavy atom. The Morgan fingerprint density at radius 3 is 2.31 bits per heavy atom. The number of carbonyl (C=O) groups excluding carboxylic acids is 2. The predicted molar refractivity (Wildman–Crippen MR) is 165 cm³/mol. The minimum Gasteiger partial charge on any atom is -0.356 e. The maximum atomic E-state index is 14.4. The second-order valence-electron chi connectivity index (χ2n) is 12.0. The van der Waals surface area contributed by atoms with Crippen molar-refractivity contribution in [3.63, 3.8) is 0 Å². The number of fused-ring (bicyclic) bond motifs is 5. The van der Waals surface area contributed by atoms with E-state index in [1.165, 1.54) is 5.56 Å². The van der Waals surface area contributed by atoms with E-state index in [-0.39, 0.29) is 30.4 Å². The molecule has 0 spiro atoms. The van der Waals surface area contributed by atoms with Gasteiger partial charge in [0.05, 0.1) is 6.04 Å². The summed E-state index contributed by atoms with van der Waals surface area (Å²) in [7, 11) is 0. The van der Waals surface area contributed by atoms with Crippen LogP contribution >= 0.6 is 0 Å². The van der Waals surface area contributed by atoms with Gasteiger partial charge in [0.15, 0.2) is 0 Å². The van der Waals surface area contributed by atoms with Gasteiger partial charge in [0.25, 0.3) is 0 Å². The molecule has 2 atom stereocenters. The molecule has 2 unspecified atom stereocenters. The maximum absolute atomic E-state index is 14.4. The molecule has 4 aromatic carbocycles. The van der Waals surface area contributed by atoms with E-state index in [2.05, 4.69) is 82.7 Å². The van der Waals surface area contributed by atoms with Gasteiger partial charge in [-0.15, -0.1) is 0 Å². The number of piperazine rings is 1. The number of hydrogen-bond acceptors (Lipinski definition) is 3. The number of benzene rings is 4. The van der Waals surface area contributed by atoms with Gasteiger partial charge in [-0.25, -0.2) is 0 Å². The minimum atomic E-state index is -0.510. The Hall–Kier alpha value is -4.42. The number of aromatic amines is 1. The van der Waals surface area contributed by atoms with Crippen LogP contribution in [-0.4, -0.2) is 63.2 Å². The van der Waals surface area contributed by atoms with Gasteiger partial charge in [-0.2, -0.15) is 0 Å². The molecular weight excluding hydrogens is 520 g/mol. The fourth-order valence-electron chi connectivity index (χ4n) is 7.64. The fourth-order valence-corrected chi connectivity index (χ4v) is 7.64. The smallest absolute Gasteiger partial charge is 0.246 e. The molecule has 1 aromatic heterocycles. The van der Waals surface area contributed by atoms with Gasteiger partial charge in [0.1, 0.15) is 12.6 Å². The molecule has 4 heterocycles. The quantitative estimate of drug-likeness (QED) is 0.311. The van der Waals surface area contributed by atoms with Crippen LogP contribution in [0.4, 0.5) is 0 Å².